The zero-order valence-corrected chi connectivity index (χ0v) is 9.03. The Morgan fingerprint density at radius 3 is 2.64 bits per heavy atom. The SMILES string of the molecule is O=C1O/C(=C\Br)CC1c1ccccc1. The third kappa shape index (κ3) is 1.73. The van der Waals surface area contributed by atoms with Crippen LogP contribution in [-0.4, -0.2) is 5.97 Å². The topological polar surface area (TPSA) is 26.3 Å². The van der Waals surface area contributed by atoms with Crippen LogP contribution in [0.5, 0.6) is 0 Å². The largest absolute Gasteiger partial charge is 0.430 e. The van der Waals surface area contributed by atoms with Crippen LogP contribution >= 0.6 is 15.9 Å². The second kappa shape index (κ2) is 3.96. The molecule has 0 bridgehead atoms. The Labute approximate surface area is 90.7 Å². The van der Waals surface area contributed by atoms with Gasteiger partial charge in [0.1, 0.15) is 5.76 Å². The maximum absolute atomic E-state index is 11.5. The highest BCUT2D eigenvalue weighted by molar-refractivity contribution is 9.11. The molecule has 1 aromatic carbocycles. The Hall–Kier alpha value is -1.09. The van der Waals surface area contributed by atoms with Gasteiger partial charge in [-0.1, -0.05) is 46.3 Å². The van der Waals surface area contributed by atoms with Gasteiger partial charge in [-0.3, -0.25) is 4.79 Å². The van der Waals surface area contributed by atoms with E-state index in [1.807, 2.05) is 30.3 Å². The molecule has 0 spiro atoms. The van der Waals surface area contributed by atoms with E-state index in [1.165, 1.54) is 0 Å². The second-order valence-corrected chi connectivity index (χ2v) is 3.62. The number of allylic oxidation sites excluding steroid dienone is 1. The molecular formula is C11H9BrO2. The van der Waals surface area contributed by atoms with E-state index in [2.05, 4.69) is 15.9 Å². The van der Waals surface area contributed by atoms with Crippen molar-refractivity contribution >= 4 is 21.9 Å². The monoisotopic (exact) mass is 252 g/mol. The van der Waals surface area contributed by atoms with E-state index in [4.69, 9.17) is 4.74 Å². The molecule has 0 aliphatic carbocycles. The maximum Gasteiger partial charge on any atom is 0.318 e. The molecule has 0 N–H and O–H groups in total. The fraction of sp³-hybridized carbons (Fsp3) is 0.182. The number of hydrogen-bond donors (Lipinski definition) is 0. The van der Waals surface area contributed by atoms with Crippen LogP contribution in [0.1, 0.15) is 17.9 Å². The summed E-state index contributed by atoms with van der Waals surface area (Å²) in [7, 11) is 0. The van der Waals surface area contributed by atoms with Gasteiger partial charge in [-0.15, -0.1) is 0 Å². The normalized spacial score (nSPS) is 23.9. The summed E-state index contributed by atoms with van der Waals surface area (Å²) in [5, 5.41) is 0. The number of hydrogen-bond acceptors (Lipinski definition) is 2. The zero-order chi connectivity index (χ0) is 9.97. The molecule has 1 fully saturated rings. The van der Waals surface area contributed by atoms with Gasteiger partial charge in [0.15, 0.2) is 0 Å². The molecule has 1 saturated heterocycles. The third-order valence-electron chi connectivity index (χ3n) is 2.25. The summed E-state index contributed by atoms with van der Waals surface area (Å²) < 4.78 is 5.05. The molecule has 14 heavy (non-hydrogen) atoms. The van der Waals surface area contributed by atoms with E-state index in [-0.39, 0.29) is 11.9 Å². The van der Waals surface area contributed by atoms with Crippen molar-refractivity contribution < 1.29 is 9.53 Å². The quantitative estimate of drug-likeness (QED) is 0.719. The molecule has 1 aromatic rings. The fourth-order valence-electron chi connectivity index (χ4n) is 1.53. The molecule has 0 radical (unpaired) electrons. The zero-order valence-electron chi connectivity index (χ0n) is 7.44. The van der Waals surface area contributed by atoms with E-state index in [9.17, 15) is 4.79 Å². The minimum atomic E-state index is -0.165. The van der Waals surface area contributed by atoms with Gasteiger partial charge in [0.05, 0.1) is 5.92 Å². The van der Waals surface area contributed by atoms with Crippen LogP contribution in [0.25, 0.3) is 0 Å². The minimum Gasteiger partial charge on any atom is -0.430 e. The van der Waals surface area contributed by atoms with E-state index in [1.54, 1.807) is 4.99 Å². The highest BCUT2D eigenvalue weighted by Crippen LogP contribution is 2.33. The molecule has 3 heteroatoms. The number of carbonyl (C=O) groups is 1. The average Bonchev–Trinajstić information content (AvgIpc) is 2.61. The van der Waals surface area contributed by atoms with E-state index < -0.39 is 0 Å². The summed E-state index contributed by atoms with van der Waals surface area (Å²) in [4.78, 5) is 13.1. The van der Waals surface area contributed by atoms with Crippen LogP contribution in [0.2, 0.25) is 0 Å². The van der Waals surface area contributed by atoms with Gasteiger partial charge in [0.25, 0.3) is 0 Å². The summed E-state index contributed by atoms with van der Waals surface area (Å²) in [6.07, 6.45) is 0.647. The lowest BCUT2D eigenvalue weighted by atomic mass is 9.97. The molecule has 0 saturated carbocycles. The predicted octanol–water partition coefficient (Wildman–Crippen LogP) is 2.95. The molecule has 2 rings (SSSR count). The first-order chi connectivity index (χ1) is 6.81. The summed E-state index contributed by atoms with van der Waals surface area (Å²) in [5.74, 6) is 0.394. The summed E-state index contributed by atoms with van der Waals surface area (Å²) in [6, 6.07) is 9.69. The van der Waals surface area contributed by atoms with Crippen molar-refractivity contribution in [3.63, 3.8) is 0 Å². The molecule has 1 unspecified atom stereocenters. The van der Waals surface area contributed by atoms with Crippen molar-refractivity contribution in [1.29, 1.82) is 0 Å². The number of ether oxygens (including phenoxy) is 1. The van der Waals surface area contributed by atoms with Crippen LogP contribution in [0.4, 0.5) is 0 Å². The van der Waals surface area contributed by atoms with Crippen LogP contribution in [0.15, 0.2) is 41.1 Å². The van der Waals surface area contributed by atoms with Crippen LogP contribution in [0.3, 0.4) is 0 Å². The fourth-order valence-corrected chi connectivity index (χ4v) is 1.81. The Morgan fingerprint density at radius 2 is 2.07 bits per heavy atom. The first-order valence-electron chi connectivity index (χ1n) is 4.37. The molecular weight excluding hydrogens is 244 g/mol. The van der Waals surface area contributed by atoms with Crippen molar-refractivity contribution in [3.05, 3.63) is 46.6 Å². The van der Waals surface area contributed by atoms with Crippen molar-refractivity contribution in [1.82, 2.24) is 0 Å². The van der Waals surface area contributed by atoms with Crippen LogP contribution in [0, 0.1) is 0 Å². The molecule has 0 aromatic heterocycles. The lowest BCUT2D eigenvalue weighted by Crippen LogP contribution is -2.04. The van der Waals surface area contributed by atoms with E-state index >= 15 is 0 Å². The van der Waals surface area contributed by atoms with Gasteiger partial charge in [0, 0.05) is 11.4 Å². The number of carbonyl (C=O) groups excluding carboxylic acids is 1. The van der Waals surface area contributed by atoms with E-state index in [0.29, 0.717) is 12.2 Å². The molecule has 72 valence electrons. The van der Waals surface area contributed by atoms with Crippen molar-refractivity contribution in [2.24, 2.45) is 0 Å². The summed E-state index contributed by atoms with van der Waals surface area (Å²) in [6.45, 7) is 0. The van der Waals surface area contributed by atoms with Gasteiger partial charge in [-0.05, 0) is 5.56 Å². The number of esters is 1. The summed E-state index contributed by atoms with van der Waals surface area (Å²) >= 11 is 3.16. The predicted molar refractivity (Wildman–Crippen MR) is 56.9 cm³/mol. The molecule has 1 heterocycles. The third-order valence-corrected chi connectivity index (χ3v) is 2.76. The van der Waals surface area contributed by atoms with Gasteiger partial charge in [-0.2, -0.15) is 0 Å². The van der Waals surface area contributed by atoms with Gasteiger partial charge in [-0.25, -0.2) is 0 Å². The standard InChI is InChI=1S/C11H9BrO2/c12-7-9-6-10(11(13)14-9)8-4-2-1-3-5-8/h1-5,7,10H,6H2/b9-7-. The molecule has 1 aliphatic heterocycles. The van der Waals surface area contributed by atoms with Gasteiger partial charge in [0.2, 0.25) is 0 Å². The lowest BCUT2D eigenvalue weighted by molar-refractivity contribution is -0.136. The Morgan fingerprint density at radius 1 is 1.36 bits per heavy atom. The summed E-state index contributed by atoms with van der Waals surface area (Å²) in [5.41, 5.74) is 1.02. The second-order valence-electron chi connectivity index (χ2n) is 3.16. The smallest absolute Gasteiger partial charge is 0.318 e. The molecule has 1 aliphatic rings. The Bertz CT molecular complexity index is 370. The van der Waals surface area contributed by atoms with Crippen LogP contribution in [-0.2, 0) is 9.53 Å². The Kier molecular flexibility index (Phi) is 2.68. The van der Waals surface area contributed by atoms with Crippen molar-refractivity contribution in [3.8, 4) is 0 Å². The van der Waals surface area contributed by atoms with E-state index in [0.717, 1.165) is 5.56 Å². The van der Waals surface area contributed by atoms with Gasteiger partial charge >= 0.3 is 5.97 Å². The number of halogens is 1. The van der Waals surface area contributed by atoms with Crippen LogP contribution < -0.4 is 0 Å². The maximum atomic E-state index is 11.5. The van der Waals surface area contributed by atoms with Crippen molar-refractivity contribution in [2.75, 3.05) is 0 Å². The van der Waals surface area contributed by atoms with Gasteiger partial charge < -0.3 is 4.74 Å². The highest BCUT2D eigenvalue weighted by Gasteiger charge is 2.31. The first-order valence-corrected chi connectivity index (χ1v) is 5.28. The number of benzene rings is 1. The first kappa shape index (κ1) is 9.46. The Balaban J connectivity index is 2.25. The molecule has 2 nitrogen and oxygen atoms in total. The molecule has 0 amide bonds. The molecule has 1 atom stereocenters. The average molecular weight is 253 g/mol. The number of cyclic esters (lactones) is 1. The van der Waals surface area contributed by atoms with Crippen molar-refractivity contribution in [2.45, 2.75) is 12.3 Å². The highest BCUT2D eigenvalue weighted by atomic mass is 79.9. The minimum absolute atomic E-state index is 0.139. The lowest BCUT2D eigenvalue weighted by Gasteiger charge is -2.03. The number of rotatable bonds is 1.